The van der Waals surface area contributed by atoms with Gasteiger partial charge in [0, 0.05) is 5.69 Å². The minimum Gasteiger partial charge on any atom is -0.465 e. The fourth-order valence-corrected chi connectivity index (χ4v) is 2.55. The molecule has 0 aromatic heterocycles. The number of hydrogen-bond acceptors (Lipinski definition) is 5. The number of rotatable bonds is 6. The van der Waals surface area contributed by atoms with Crippen molar-refractivity contribution in [1.29, 1.82) is 0 Å². The topological polar surface area (TPSA) is 86.5 Å². The average Bonchev–Trinajstić information content (AvgIpc) is 2.28. The molecule has 0 radical (unpaired) electrons. The molecule has 0 aliphatic carbocycles. The highest BCUT2D eigenvalue weighted by Crippen LogP contribution is 2.07. The first kappa shape index (κ1) is 14.5. The molecule has 100 valence electrons. The van der Waals surface area contributed by atoms with Gasteiger partial charge in [-0.15, -0.1) is 0 Å². The van der Waals surface area contributed by atoms with Crippen molar-refractivity contribution in [2.75, 3.05) is 23.8 Å². The summed E-state index contributed by atoms with van der Waals surface area (Å²) in [6.45, 7) is 1.82. The Labute approximate surface area is 107 Å². The number of carbonyl (C=O) groups is 1. The van der Waals surface area contributed by atoms with Gasteiger partial charge in [0.25, 0.3) is 0 Å². The molecule has 0 aliphatic rings. The van der Waals surface area contributed by atoms with E-state index in [2.05, 4.69) is 4.74 Å². The molecule has 2 N–H and O–H groups in total. The number of nitrogen functional groups attached to an aromatic ring is 1. The lowest BCUT2D eigenvalue weighted by molar-refractivity contribution is -0.139. The van der Waals surface area contributed by atoms with Crippen LogP contribution in [0.3, 0.4) is 0 Å². The van der Waals surface area contributed by atoms with Gasteiger partial charge in [0.05, 0.1) is 12.4 Å². The van der Waals surface area contributed by atoms with Crippen LogP contribution in [0.2, 0.25) is 0 Å². The molecule has 0 unspecified atom stereocenters. The van der Waals surface area contributed by atoms with Crippen LogP contribution in [0.5, 0.6) is 0 Å². The maximum Gasteiger partial charge on any atom is 0.321 e. The minimum absolute atomic E-state index is 0.0737. The normalized spacial score (nSPS) is 11.2. The number of nitrogens with two attached hydrogens (primary N) is 1. The molecule has 0 saturated heterocycles. The van der Waals surface area contributed by atoms with Crippen LogP contribution in [0, 0.1) is 0 Å². The highest BCUT2D eigenvalue weighted by molar-refractivity contribution is 7.92. The van der Waals surface area contributed by atoms with Gasteiger partial charge in [0.1, 0.15) is 5.75 Å². The van der Waals surface area contributed by atoms with E-state index in [9.17, 15) is 13.2 Å². The summed E-state index contributed by atoms with van der Waals surface area (Å²) in [5.74, 6) is -1.33. The predicted octanol–water partition coefficient (Wildman–Crippen LogP) is 0.789. The van der Waals surface area contributed by atoms with Crippen LogP contribution in [0.25, 0.3) is 0 Å². The van der Waals surface area contributed by atoms with Gasteiger partial charge in [-0.1, -0.05) is 12.1 Å². The molecule has 1 rings (SSSR count). The van der Waals surface area contributed by atoms with Crippen LogP contribution in [-0.2, 0) is 25.8 Å². The predicted molar refractivity (Wildman–Crippen MR) is 69.8 cm³/mol. The highest BCUT2D eigenvalue weighted by Gasteiger charge is 2.17. The van der Waals surface area contributed by atoms with E-state index in [-0.39, 0.29) is 12.4 Å². The summed E-state index contributed by atoms with van der Waals surface area (Å²) in [4.78, 5) is 11.1. The van der Waals surface area contributed by atoms with Gasteiger partial charge in [-0.05, 0) is 31.0 Å². The van der Waals surface area contributed by atoms with Crippen LogP contribution in [0.4, 0.5) is 5.69 Å². The number of aryl methyl sites for hydroxylation is 1. The zero-order valence-corrected chi connectivity index (χ0v) is 11.1. The second kappa shape index (κ2) is 6.39. The summed E-state index contributed by atoms with van der Waals surface area (Å²) in [5.41, 5.74) is 7.03. The van der Waals surface area contributed by atoms with Crippen LogP contribution >= 0.6 is 0 Å². The Balaban J connectivity index is 2.51. The van der Waals surface area contributed by atoms with Crippen LogP contribution in [0.15, 0.2) is 24.3 Å². The first-order valence-corrected chi connectivity index (χ1v) is 7.45. The first-order valence-electron chi connectivity index (χ1n) is 5.63. The van der Waals surface area contributed by atoms with Gasteiger partial charge in [-0.25, -0.2) is 8.42 Å². The second-order valence-corrected chi connectivity index (χ2v) is 6.07. The summed E-state index contributed by atoms with van der Waals surface area (Å²) >= 11 is 0. The molecule has 1 aromatic carbocycles. The Morgan fingerprint density at radius 2 is 1.89 bits per heavy atom. The lowest BCUT2D eigenvalue weighted by Gasteiger charge is -2.05. The van der Waals surface area contributed by atoms with E-state index in [4.69, 9.17) is 5.73 Å². The number of anilines is 1. The number of sulfone groups is 1. The van der Waals surface area contributed by atoms with Crippen molar-refractivity contribution in [2.45, 2.75) is 13.3 Å². The molecule has 0 atom stereocenters. The van der Waals surface area contributed by atoms with Crippen molar-refractivity contribution in [2.24, 2.45) is 0 Å². The average molecular weight is 271 g/mol. The zero-order valence-electron chi connectivity index (χ0n) is 10.3. The van der Waals surface area contributed by atoms with E-state index in [0.717, 1.165) is 5.56 Å². The fraction of sp³-hybridized carbons (Fsp3) is 0.417. The third-order valence-electron chi connectivity index (χ3n) is 2.32. The largest absolute Gasteiger partial charge is 0.465 e. The number of ether oxygens (including phenoxy) is 1. The molecule has 18 heavy (non-hydrogen) atoms. The minimum atomic E-state index is -3.42. The quantitative estimate of drug-likeness (QED) is 0.610. The third kappa shape index (κ3) is 5.18. The number of benzene rings is 1. The Morgan fingerprint density at radius 1 is 1.28 bits per heavy atom. The smallest absolute Gasteiger partial charge is 0.321 e. The molecule has 5 nitrogen and oxygen atoms in total. The first-order chi connectivity index (χ1) is 8.43. The van der Waals surface area contributed by atoms with Gasteiger partial charge in [-0.3, -0.25) is 4.79 Å². The van der Waals surface area contributed by atoms with Crippen molar-refractivity contribution < 1.29 is 17.9 Å². The van der Waals surface area contributed by atoms with Crippen molar-refractivity contribution in [3.63, 3.8) is 0 Å². The van der Waals surface area contributed by atoms with Crippen molar-refractivity contribution >= 4 is 21.5 Å². The Hall–Kier alpha value is -1.56. The molecule has 0 bridgehead atoms. The monoisotopic (exact) mass is 271 g/mol. The summed E-state index contributed by atoms with van der Waals surface area (Å²) < 4.78 is 27.9. The maximum atomic E-state index is 11.6. The van der Waals surface area contributed by atoms with E-state index >= 15 is 0 Å². The SMILES string of the molecule is CCOC(=O)CS(=O)(=O)CCc1ccc(N)cc1. The van der Waals surface area contributed by atoms with Gasteiger partial charge < -0.3 is 10.5 Å². The van der Waals surface area contributed by atoms with Gasteiger partial charge in [0.15, 0.2) is 9.84 Å². The fourth-order valence-electron chi connectivity index (χ4n) is 1.41. The summed E-state index contributed by atoms with van der Waals surface area (Å²) in [7, 11) is -3.42. The summed E-state index contributed by atoms with van der Waals surface area (Å²) in [5, 5.41) is 0. The Morgan fingerprint density at radius 3 is 2.44 bits per heavy atom. The second-order valence-electron chi connectivity index (χ2n) is 3.89. The molecular weight excluding hydrogens is 254 g/mol. The Bertz CT molecular complexity index is 493. The molecular formula is C12H17NO4S. The molecule has 0 heterocycles. The van der Waals surface area contributed by atoms with Crippen LogP contribution < -0.4 is 5.73 Å². The lowest BCUT2D eigenvalue weighted by Crippen LogP contribution is -2.21. The number of esters is 1. The molecule has 6 heteroatoms. The van der Waals surface area contributed by atoms with Crippen molar-refractivity contribution in [3.05, 3.63) is 29.8 Å². The molecule has 0 spiro atoms. The van der Waals surface area contributed by atoms with E-state index in [1.807, 2.05) is 0 Å². The van der Waals surface area contributed by atoms with Gasteiger partial charge in [-0.2, -0.15) is 0 Å². The standard InChI is InChI=1S/C12H17NO4S/c1-2-17-12(14)9-18(15,16)8-7-10-3-5-11(13)6-4-10/h3-6H,2,7-9,13H2,1H3. The number of carbonyl (C=O) groups excluding carboxylic acids is 1. The maximum absolute atomic E-state index is 11.6. The molecule has 0 aliphatic heterocycles. The van der Waals surface area contributed by atoms with Crippen LogP contribution in [-0.4, -0.2) is 32.5 Å². The molecule has 1 aromatic rings. The summed E-state index contributed by atoms with van der Waals surface area (Å²) in [6, 6.07) is 6.98. The third-order valence-corrected chi connectivity index (χ3v) is 3.83. The van der Waals surface area contributed by atoms with E-state index < -0.39 is 21.6 Å². The number of hydrogen-bond donors (Lipinski definition) is 1. The Kier molecular flexibility index (Phi) is 5.15. The molecule has 0 fully saturated rings. The highest BCUT2D eigenvalue weighted by atomic mass is 32.2. The van der Waals surface area contributed by atoms with Crippen LogP contribution in [0.1, 0.15) is 12.5 Å². The molecule has 0 amide bonds. The summed E-state index contributed by atoms with van der Waals surface area (Å²) in [6.07, 6.45) is 0.363. The van der Waals surface area contributed by atoms with Crippen molar-refractivity contribution in [1.82, 2.24) is 0 Å². The van der Waals surface area contributed by atoms with Crippen molar-refractivity contribution in [3.8, 4) is 0 Å². The van der Waals surface area contributed by atoms with E-state index in [1.54, 1.807) is 31.2 Å². The zero-order chi connectivity index (χ0) is 13.6. The van der Waals surface area contributed by atoms with E-state index in [0.29, 0.717) is 12.1 Å². The van der Waals surface area contributed by atoms with Gasteiger partial charge >= 0.3 is 5.97 Å². The molecule has 0 saturated carbocycles. The lowest BCUT2D eigenvalue weighted by atomic mass is 10.2. The van der Waals surface area contributed by atoms with E-state index in [1.165, 1.54) is 0 Å². The van der Waals surface area contributed by atoms with Gasteiger partial charge in [0.2, 0.25) is 0 Å².